The molecule has 1 N–H and O–H groups in total. The van der Waals surface area contributed by atoms with Gasteiger partial charge in [-0.2, -0.15) is 0 Å². The highest BCUT2D eigenvalue weighted by atomic mass is 35.5. The van der Waals surface area contributed by atoms with Gasteiger partial charge in [-0.1, -0.05) is 17.7 Å². The predicted molar refractivity (Wildman–Crippen MR) is 130 cm³/mol. The van der Waals surface area contributed by atoms with Gasteiger partial charge in [-0.25, -0.2) is 4.89 Å². The van der Waals surface area contributed by atoms with Crippen molar-refractivity contribution in [3.05, 3.63) is 29.3 Å². The Bertz CT molecular complexity index is 797. The van der Waals surface area contributed by atoms with Crippen LogP contribution in [0.1, 0.15) is 64.2 Å². The van der Waals surface area contributed by atoms with Crippen molar-refractivity contribution in [1.29, 1.82) is 0 Å². The number of hydrogen-bond donors (Lipinski definition) is 1. The zero-order valence-electron chi connectivity index (χ0n) is 20.4. The highest BCUT2D eigenvalue weighted by Gasteiger charge is 2.66. The van der Waals surface area contributed by atoms with Crippen LogP contribution >= 0.6 is 11.6 Å². The van der Waals surface area contributed by atoms with Gasteiger partial charge in [0.2, 0.25) is 0 Å². The topological polar surface area (TPSA) is 75.6 Å². The molecule has 8 heteroatoms. The molecule has 1 aromatic rings. The SMILES string of the molecule is OOC[C@H]1CC[C@@H](OC2CCCCO2)[C@]12C[C@@H]2C[C@H](COc1cccc(Cl)c1)OC1CCCCO1. The second-order valence-electron chi connectivity index (χ2n) is 10.6. The van der Waals surface area contributed by atoms with Gasteiger partial charge in [0.15, 0.2) is 12.6 Å². The average molecular weight is 511 g/mol. The lowest BCUT2D eigenvalue weighted by molar-refractivity contribution is -0.257. The van der Waals surface area contributed by atoms with Crippen LogP contribution in [0.5, 0.6) is 5.75 Å². The lowest BCUT2D eigenvalue weighted by atomic mass is 9.87. The minimum Gasteiger partial charge on any atom is -0.491 e. The Balaban J connectivity index is 1.25. The number of hydrogen-bond acceptors (Lipinski definition) is 7. The Kier molecular flexibility index (Phi) is 8.87. The van der Waals surface area contributed by atoms with Gasteiger partial charge in [-0.05, 0) is 94.2 Å². The molecular weight excluding hydrogens is 472 g/mol. The lowest BCUT2D eigenvalue weighted by Crippen LogP contribution is -2.36. The standard InChI is InChI=1S/C27H39ClO7/c28-21-6-5-7-22(15-21)32-18-23(34-25-8-1-3-12-30-25)14-20-16-27(20)19(17-33-29)10-11-24(27)35-26-9-2-4-13-31-26/h5-7,15,19-20,23-26,29H,1-4,8-14,16-18H2/t19-,20+,23-,24-,25?,26?,27-/m1/s1. The Morgan fingerprint density at radius 2 is 1.80 bits per heavy atom. The molecule has 1 spiro atoms. The fourth-order valence-electron chi connectivity index (χ4n) is 6.50. The molecule has 2 aliphatic carbocycles. The van der Waals surface area contributed by atoms with Crippen LogP contribution in [0.15, 0.2) is 24.3 Å². The molecule has 196 valence electrons. The molecule has 5 rings (SSSR count). The summed E-state index contributed by atoms with van der Waals surface area (Å²) in [6, 6.07) is 7.47. The van der Waals surface area contributed by atoms with Gasteiger partial charge in [0, 0.05) is 23.7 Å². The van der Waals surface area contributed by atoms with Crippen LogP contribution in [0, 0.1) is 17.3 Å². The van der Waals surface area contributed by atoms with Crippen molar-refractivity contribution in [2.24, 2.45) is 17.3 Å². The molecule has 1 aromatic carbocycles. The number of halogens is 1. The number of ether oxygens (including phenoxy) is 5. The summed E-state index contributed by atoms with van der Waals surface area (Å²) in [7, 11) is 0. The maximum atomic E-state index is 9.27. The minimum absolute atomic E-state index is 0.00533. The van der Waals surface area contributed by atoms with E-state index in [1.165, 1.54) is 0 Å². The van der Waals surface area contributed by atoms with Crippen molar-refractivity contribution in [3.63, 3.8) is 0 Å². The summed E-state index contributed by atoms with van der Waals surface area (Å²) in [6.45, 7) is 2.30. The van der Waals surface area contributed by atoms with Gasteiger partial charge < -0.3 is 23.7 Å². The van der Waals surface area contributed by atoms with Crippen molar-refractivity contribution in [1.82, 2.24) is 0 Å². The van der Waals surface area contributed by atoms with E-state index in [4.69, 9.17) is 35.3 Å². The summed E-state index contributed by atoms with van der Waals surface area (Å²) >= 11 is 6.15. The van der Waals surface area contributed by atoms with E-state index in [0.717, 1.165) is 83.2 Å². The average Bonchev–Trinajstić information content (AvgIpc) is 3.50. The maximum absolute atomic E-state index is 9.27. The zero-order chi connectivity index (χ0) is 24.1. The van der Waals surface area contributed by atoms with E-state index in [2.05, 4.69) is 4.89 Å². The monoisotopic (exact) mass is 510 g/mol. The molecule has 2 saturated carbocycles. The van der Waals surface area contributed by atoms with Gasteiger partial charge >= 0.3 is 0 Å². The van der Waals surface area contributed by atoms with Crippen LogP contribution in [0.4, 0.5) is 0 Å². The van der Waals surface area contributed by atoms with E-state index < -0.39 is 0 Å². The van der Waals surface area contributed by atoms with Gasteiger partial charge in [0.1, 0.15) is 12.4 Å². The van der Waals surface area contributed by atoms with E-state index in [9.17, 15) is 5.26 Å². The second kappa shape index (κ2) is 12.1. The molecule has 0 aromatic heterocycles. The molecule has 2 saturated heterocycles. The van der Waals surface area contributed by atoms with Crippen LogP contribution in [0.25, 0.3) is 0 Å². The quantitative estimate of drug-likeness (QED) is 0.296. The maximum Gasteiger partial charge on any atom is 0.158 e. The smallest absolute Gasteiger partial charge is 0.158 e. The Labute approximate surface area is 213 Å². The second-order valence-corrected chi connectivity index (χ2v) is 11.0. The van der Waals surface area contributed by atoms with Crippen molar-refractivity contribution in [2.45, 2.75) is 89.0 Å². The van der Waals surface area contributed by atoms with Crippen LogP contribution in [0.2, 0.25) is 5.02 Å². The Morgan fingerprint density at radius 1 is 1.00 bits per heavy atom. The van der Waals surface area contributed by atoms with E-state index in [0.29, 0.717) is 24.2 Å². The first-order valence-electron chi connectivity index (χ1n) is 13.4. The molecule has 0 bridgehead atoms. The van der Waals surface area contributed by atoms with Gasteiger partial charge in [0.25, 0.3) is 0 Å². The van der Waals surface area contributed by atoms with Crippen molar-refractivity contribution in [2.75, 3.05) is 26.4 Å². The third-order valence-electron chi connectivity index (χ3n) is 8.33. The predicted octanol–water partition coefficient (Wildman–Crippen LogP) is 5.84. The van der Waals surface area contributed by atoms with E-state index in [-0.39, 0.29) is 36.1 Å². The number of benzene rings is 1. The van der Waals surface area contributed by atoms with E-state index in [1.54, 1.807) is 0 Å². The van der Waals surface area contributed by atoms with E-state index >= 15 is 0 Å². The summed E-state index contributed by atoms with van der Waals surface area (Å²) in [5.74, 6) is 1.42. The summed E-state index contributed by atoms with van der Waals surface area (Å²) in [6.07, 6.45) is 9.90. The van der Waals surface area contributed by atoms with Crippen LogP contribution in [-0.2, 0) is 23.8 Å². The first-order valence-corrected chi connectivity index (χ1v) is 13.7. The van der Waals surface area contributed by atoms with Gasteiger partial charge in [-0.3, -0.25) is 5.26 Å². The molecule has 35 heavy (non-hydrogen) atoms. The van der Waals surface area contributed by atoms with Crippen LogP contribution in [-0.4, -0.2) is 56.5 Å². The molecule has 4 aliphatic rings. The Morgan fingerprint density at radius 3 is 2.51 bits per heavy atom. The van der Waals surface area contributed by atoms with Crippen molar-refractivity contribution < 1.29 is 33.8 Å². The summed E-state index contributed by atoms with van der Waals surface area (Å²) in [5.41, 5.74) is -0.00533. The zero-order valence-corrected chi connectivity index (χ0v) is 21.2. The van der Waals surface area contributed by atoms with E-state index in [1.807, 2.05) is 24.3 Å². The first-order chi connectivity index (χ1) is 17.2. The molecule has 7 atom stereocenters. The molecule has 0 amide bonds. The van der Waals surface area contributed by atoms with Crippen molar-refractivity contribution in [3.8, 4) is 5.75 Å². The fraction of sp³-hybridized carbons (Fsp3) is 0.778. The first kappa shape index (κ1) is 25.7. The molecule has 2 heterocycles. The molecule has 2 unspecified atom stereocenters. The molecule has 7 nitrogen and oxygen atoms in total. The molecule has 2 aliphatic heterocycles. The largest absolute Gasteiger partial charge is 0.491 e. The molecule has 4 fully saturated rings. The lowest BCUT2D eigenvalue weighted by Gasteiger charge is -2.32. The number of rotatable bonds is 11. The highest BCUT2D eigenvalue weighted by Crippen LogP contribution is 2.68. The van der Waals surface area contributed by atoms with Crippen LogP contribution < -0.4 is 4.74 Å². The fourth-order valence-corrected chi connectivity index (χ4v) is 6.68. The third kappa shape index (κ3) is 6.32. The molecule has 0 radical (unpaired) electrons. The summed E-state index contributed by atoms with van der Waals surface area (Å²) in [5, 5.41) is 9.93. The highest BCUT2D eigenvalue weighted by molar-refractivity contribution is 6.30. The van der Waals surface area contributed by atoms with Crippen molar-refractivity contribution >= 4 is 11.6 Å². The minimum atomic E-state index is -0.186. The third-order valence-corrected chi connectivity index (χ3v) is 8.56. The normalized spacial score (nSPS) is 35.8. The summed E-state index contributed by atoms with van der Waals surface area (Å²) < 4.78 is 30.9. The van der Waals surface area contributed by atoms with Gasteiger partial charge in [0.05, 0.1) is 18.8 Å². The summed E-state index contributed by atoms with van der Waals surface area (Å²) in [4.78, 5) is 4.66. The molecular formula is C27H39ClO7. The van der Waals surface area contributed by atoms with Gasteiger partial charge in [-0.15, -0.1) is 0 Å². The van der Waals surface area contributed by atoms with Crippen LogP contribution in [0.3, 0.4) is 0 Å². The Hall–Kier alpha value is -0.930.